The Labute approximate surface area is 110 Å². The molecule has 2 rings (SSSR count). The van der Waals surface area contributed by atoms with E-state index in [1.54, 1.807) is 0 Å². The van der Waals surface area contributed by atoms with E-state index in [4.69, 9.17) is 5.73 Å². The van der Waals surface area contributed by atoms with E-state index in [9.17, 15) is 13.2 Å². The lowest BCUT2D eigenvalue weighted by molar-refractivity contribution is -0.182. The summed E-state index contributed by atoms with van der Waals surface area (Å²) in [6, 6.07) is 0. The van der Waals surface area contributed by atoms with E-state index in [0.717, 1.165) is 24.1 Å². The average molecular weight is 275 g/mol. The van der Waals surface area contributed by atoms with Gasteiger partial charge in [-0.05, 0) is 32.1 Å². The first kappa shape index (κ1) is 14.2. The minimum absolute atomic E-state index is 0.143. The van der Waals surface area contributed by atoms with Crippen LogP contribution in [0.25, 0.3) is 0 Å². The van der Waals surface area contributed by atoms with Crippen LogP contribution in [-0.4, -0.2) is 16.4 Å². The van der Waals surface area contributed by atoms with Crippen molar-refractivity contribution < 1.29 is 13.2 Å². The van der Waals surface area contributed by atoms with Gasteiger partial charge < -0.3 is 5.73 Å². The normalized spacial score (nSPS) is 24.6. The molecule has 6 heteroatoms. The van der Waals surface area contributed by atoms with E-state index < -0.39 is 12.1 Å². The van der Waals surface area contributed by atoms with E-state index in [0.29, 0.717) is 18.7 Å². The summed E-state index contributed by atoms with van der Waals surface area (Å²) in [5, 5.41) is 6.93. The molecule has 1 fully saturated rings. The maximum absolute atomic E-state index is 12.6. The highest BCUT2D eigenvalue weighted by atomic mass is 19.4. The number of nitrogens with two attached hydrogens (primary N) is 1. The fraction of sp³-hybridized carbons (Fsp3) is 0.769. The summed E-state index contributed by atoms with van der Waals surface area (Å²) in [6.07, 6.45) is -0.738. The SMILES string of the molecule is CCCc1c(N)n[nH]c1C1CCC(C(F)(F)F)CC1. The molecule has 3 nitrogen and oxygen atoms in total. The standard InChI is InChI=1S/C13H20F3N3/c1-2-3-10-11(18-19-12(10)17)8-4-6-9(7-5-8)13(14,15)16/h8-9H,2-7H2,1H3,(H3,17,18,19). The van der Waals surface area contributed by atoms with Crippen molar-refractivity contribution in [1.29, 1.82) is 0 Å². The van der Waals surface area contributed by atoms with Crippen LogP contribution >= 0.6 is 0 Å². The first-order valence-electron chi connectivity index (χ1n) is 6.82. The molecule has 0 atom stereocenters. The van der Waals surface area contributed by atoms with Crippen LogP contribution in [0.4, 0.5) is 19.0 Å². The topological polar surface area (TPSA) is 54.7 Å². The summed E-state index contributed by atoms with van der Waals surface area (Å²) >= 11 is 0. The molecular formula is C13H20F3N3. The van der Waals surface area contributed by atoms with Gasteiger partial charge in [0.2, 0.25) is 0 Å². The van der Waals surface area contributed by atoms with Gasteiger partial charge >= 0.3 is 6.18 Å². The summed E-state index contributed by atoms with van der Waals surface area (Å²) in [5.41, 5.74) is 7.76. The van der Waals surface area contributed by atoms with Crippen molar-refractivity contribution in [2.24, 2.45) is 5.92 Å². The van der Waals surface area contributed by atoms with Gasteiger partial charge in [0.25, 0.3) is 0 Å². The molecule has 1 heterocycles. The third-order valence-corrected chi connectivity index (χ3v) is 4.03. The summed E-state index contributed by atoms with van der Waals surface area (Å²) in [6.45, 7) is 2.05. The molecule has 3 N–H and O–H groups in total. The van der Waals surface area contributed by atoms with Gasteiger partial charge in [-0.2, -0.15) is 18.3 Å². The zero-order valence-electron chi connectivity index (χ0n) is 11.1. The van der Waals surface area contributed by atoms with Gasteiger partial charge in [-0.15, -0.1) is 0 Å². The van der Waals surface area contributed by atoms with Crippen molar-refractivity contribution in [1.82, 2.24) is 10.2 Å². The molecule has 0 aromatic carbocycles. The predicted molar refractivity (Wildman–Crippen MR) is 67.7 cm³/mol. The Morgan fingerprint density at radius 3 is 2.42 bits per heavy atom. The second-order valence-electron chi connectivity index (χ2n) is 5.34. The zero-order valence-corrected chi connectivity index (χ0v) is 11.1. The number of anilines is 1. The van der Waals surface area contributed by atoms with Crippen LogP contribution in [-0.2, 0) is 6.42 Å². The minimum atomic E-state index is -4.05. The lowest BCUT2D eigenvalue weighted by Crippen LogP contribution is -2.27. The number of aromatic amines is 1. The van der Waals surface area contributed by atoms with Gasteiger partial charge in [-0.3, -0.25) is 5.10 Å². The predicted octanol–water partition coefficient (Wildman–Crippen LogP) is 3.78. The third-order valence-electron chi connectivity index (χ3n) is 4.03. The van der Waals surface area contributed by atoms with E-state index in [2.05, 4.69) is 17.1 Å². The molecule has 1 aliphatic rings. The quantitative estimate of drug-likeness (QED) is 0.882. The van der Waals surface area contributed by atoms with Crippen molar-refractivity contribution in [2.45, 2.75) is 57.5 Å². The maximum Gasteiger partial charge on any atom is 0.391 e. The van der Waals surface area contributed by atoms with Crippen LogP contribution in [0, 0.1) is 5.92 Å². The Bertz CT molecular complexity index is 417. The lowest BCUT2D eigenvalue weighted by atomic mass is 9.79. The van der Waals surface area contributed by atoms with Crippen molar-refractivity contribution in [2.75, 3.05) is 5.73 Å². The molecule has 0 saturated heterocycles. The van der Waals surface area contributed by atoms with E-state index >= 15 is 0 Å². The van der Waals surface area contributed by atoms with Crippen LogP contribution in [0.5, 0.6) is 0 Å². The number of aromatic nitrogens is 2. The van der Waals surface area contributed by atoms with Gasteiger partial charge in [0.1, 0.15) is 5.82 Å². The van der Waals surface area contributed by atoms with Crippen molar-refractivity contribution in [3.05, 3.63) is 11.3 Å². The first-order valence-corrected chi connectivity index (χ1v) is 6.82. The van der Waals surface area contributed by atoms with Gasteiger partial charge in [0.15, 0.2) is 0 Å². The largest absolute Gasteiger partial charge is 0.391 e. The van der Waals surface area contributed by atoms with Gasteiger partial charge in [-0.25, -0.2) is 0 Å². The Hall–Kier alpha value is -1.20. The van der Waals surface area contributed by atoms with Gasteiger partial charge in [0.05, 0.1) is 5.92 Å². The summed E-state index contributed by atoms with van der Waals surface area (Å²) in [7, 11) is 0. The lowest BCUT2D eigenvalue weighted by Gasteiger charge is -2.29. The highest BCUT2D eigenvalue weighted by Gasteiger charge is 2.42. The molecule has 0 bridgehead atoms. The molecule has 1 aromatic rings. The number of alkyl halides is 3. The summed E-state index contributed by atoms with van der Waals surface area (Å²) < 4.78 is 37.9. The molecule has 1 saturated carbocycles. The molecule has 1 aliphatic carbocycles. The number of nitrogen functional groups attached to an aromatic ring is 1. The van der Waals surface area contributed by atoms with Crippen LogP contribution in [0.2, 0.25) is 0 Å². The Kier molecular flexibility index (Phi) is 4.06. The number of H-pyrrole nitrogens is 1. The zero-order chi connectivity index (χ0) is 14.0. The smallest absolute Gasteiger partial charge is 0.382 e. The molecule has 0 amide bonds. The molecule has 0 unspecified atom stereocenters. The fourth-order valence-electron chi connectivity index (χ4n) is 2.95. The fourth-order valence-corrected chi connectivity index (χ4v) is 2.95. The molecule has 0 spiro atoms. The number of halogens is 3. The number of hydrogen-bond donors (Lipinski definition) is 2. The molecular weight excluding hydrogens is 255 g/mol. The molecule has 19 heavy (non-hydrogen) atoms. The van der Waals surface area contributed by atoms with E-state index in [1.165, 1.54) is 0 Å². The molecule has 0 aliphatic heterocycles. The minimum Gasteiger partial charge on any atom is -0.382 e. The Morgan fingerprint density at radius 1 is 1.26 bits per heavy atom. The van der Waals surface area contributed by atoms with Crippen LogP contribution in [0.1, 0.15) is 56.2 Å². The summed E-state index contributed by atoms with van der Waals surface area (Å²) in [4.78, 5) is 0. The average Bonchev–Trinajstić information content (AvgIpc) is 2.71. The van der Waals surface area contributed by atoms with Gasteiger partial charge in [-0.1, -0.05) is 13.3 Å². The van der Waals surface area contributed by atoms with Crippen LogP contribution in [0.3, 0.4) is 0 Å². The van der Waals surface area contributed by atoms with E-state index in [-0.39, 0.29) is 18.8 Å². The van der Waals surface area contributed by atoms with Crippen molar-refractivity contribution in [3.63, 3.8) is 0 Å². The second-order valence-corrected chi connectivity index (χ2v) is 5.34. The number of nitrogens with one attached hydrogen (secondary N) is 1. The van der Waals surface area contributed by atoms with Crippen molar-refractivity contribution >= 4 is 5.82 Å². The Morgan fingerprint density at radius 2 is 1.89 bits per heavy atom. The maximum atomic E-state index is 12.6. The van der Waals surface area contributed by atoms with Gasteiger partial charge in [0, 0.05) is 17.2 Å². The molecule has 1 aromatic heterocycles. The van der Waals surface area contributed by atoms with E-state index in [1.807, 2.05) is 0 Å². The number of hydrogen-bond acceptors (Lipinski definition) is 2. The number of rotatable bonds is 3. The number of nitrogens with zero attached hydrogens (tertiary/aromatic N) is 1. The Balaban J connectivity index is 2.06. The monoisotopic (exact) mass is 275 g/mol. The second kappa shape index (κ2) is 5.43. The van der Waals surface area contributed by atoms with Crippen LogP contribution in [0.15, 0.2) is 0 Å². The highest BCUT2D eigenvalue weighted by molar-refractivity contribution is 5.43. The highest BCUT2D eigenvalue weighted by Crippen LogP contribution is 2.43. The first-order chi connectivity index (χ1) is 8.93. The van der Waals surface area contributed by atoms with Crippen molar-refractivity contribution in [3.8, 4) is 0 Å². The molecule has 0 radical (unpaired) electrons. The summed E-state index contributed by atoms with van der Waals surface area (Å²) in [5.74, 6) is -0.501. The van der Waals surface area contributed by atoms with Crippen LogP contribution < -0.4 is 5.73 Å². The third kappa shape index (κ3) is 3.04. The molecule has 108 valence electrons.